The van der Waals surface area contributed by atoms with Crippen LogP contribution in [0.1, 0.15) is 13.8 Å². The van der Waals surface area contributed by atoms with Crippen LogP contribution in [-0.2, 0) is 14.3 Å². The summed E-state index contributed by atoms with van der Waals surface area (Å²) in [4.78, 5) is 11.4. The van der Waals surface area contributed by atoms with Crippen LogP contribution in [0.3, 0.4) is 0 Å². The fourth-order valence-electron chi connectivity index (χ4n) is 1.30. The molecule has 0 saturated heterocycles. The normalized spacial score (nSPS) is 27.3. The standard InChI is InChI=1S/C9H14O4S/c1-6-7(13-5-12-3)9(2,4-10)14-8(6)11/h10H,4-5H2,1-3H3/t9-/m1/s1. The van der Waals surface area contributed by atoms with Crippen LogP contribution in [0.4, 0.5) is 0 Å². The van der Waals surface area contributed by atoms with Gasteiger partial charge in [-0.15, -0.1) is 0 Å². The summed E-state index contributed by atoms with van der Waals surface area (Å²) in [6.07, 6.45) is 0. The SMILES string of the molecule is COCOC1=C(C)C(=O)S[C@]1(C)CO. The van der Waals surface area contributed by atoms with Gasteiger partial charge in [0.1, 0.15) is 10.5 Å². The molecule has 0 bridgehead atoms. The van der Waals surface area contributed by atoms with Crippen LogP contribution in [0, 0.1) is 0 Å². The average molecular weight is 218 g/mol. The molecular formula is C9H14O4S. The van der Waals surface area contributed by atoms with Crippen LogP contribution in [0.5, 0.6) is 0 Å². The van der Waals surface area contributed by atoms with Crippen LogP contribution in [-0.4, -0.2) is 35.5 Å². The Labute approximate surface area is 87.3 Å². The molecule has 0 unspecified atom stereocenters. The Morgan fingerprint density at radius 1 is 1.57 bits per heavy atom. The van der Waals surface area contributed by atoms with E-state index in [0.717, 1.165) is 11.8 Å². The Kier molecular flexibility index (Phi) is 3.58. The second-order valence-corrected chi connectivity index (χ2v) is 4.76. The first-order chi connectivity index (χ1) is 6.55. The number of hydrogen-bond acceptors (Lipinski definition) is 5. The lowest BCUT2D eigenvalue weighted by Crippen LogP contribution is -2.27. The minimum atomic E-state index is -0.653. The number of hydrogen-bond donors (Lipinski definition) is 1. The van der Waals surface area contributed by atoms with Crippen molar-refractivity contribution in [1.29, 1.82) is 0 Å². The number of rotatable bonds is 4. The van der Waals surface area contributed by atoms with Crippen LogP contribution in [0.25, 0.3) is 0 Å². The molecule has 4 nitrogen and oxygen atoms in total. The summed E-state index contributed by atoms with van der Waals surface area (Å²) < 4.78 is 9.41. The summed E-state index contributed by atoms with van der Waals surface area (Å²) in [5.74, 6) is 0.525. The summed E-state index contributed by atoms with van der Waals surface area (Å²) >= 11 is 1.09. The number of aliphatic hydroxyl groups is 1. The van der Waals surface area contributed by atoms with Crippen LogP contribution in [0.15, 0.2) is 11.3 Å². The molecule has 1 heterocycles. The molecule has 1 aliphatic heterocycles. The van der Waals surface area contributed by atoms with E-state index in [0.29, 0.717) is 11.3 Å². The molecule has 0 aromatic heterocycles. The lowest BCUT2D eigenvalue weighted by molar-refractivity contribution is -0.107. The molecule has 14 heavy (non-hydrogen) atoms. The number of carbonyl (C=O) groups is 1. The van der Waals surface area contributed by atoms with Crippen molar-refractivity contribution in [2.24, 2.45) is 0 Å². The topological polar surface area (TPSA) is 55.8 Å². The number of methoxy groups -OCH3 is 1. The van der Waals surface area contributed by atoms with Crippen molar-refractivity contribution in [3.63, 3.8) is 0 Å². The van der Waals surface area contributed by atoms with Crippen molar-refractivity contribution >= 4 is 16.9 Å². The summed E-state index contributed by atoms with van der Waals surface area (Å²) in [5, 5.41) is 9.15. The van der Waals surface area contributed by atoms with Gasteiger partial charge in [0.15, 0.2) is 6.79 Å². The van der Waals surface area contributed by atoms with Gasteiger partial charge < -0.3 is 14.6 Å². The molecule has 0 saturated carbocycles. The molecule has 0 aromatic carbocycles. The first-order valence-electron chi connectivity index (χ1n) is 4.22. The summed E-state index contributed by atoms with van der Waals surface area (Å²) in [6.45, 7) is 3.44. The molecule has 0 spiro atoms. The second-order valence-electron chi connectivity index (χ2n) is 3.28. The van der Waals surface area contributed by atoms with Crippen molar-refractivity contribution in [1.82, 2.24) is 0 Å². The number of ether oxygens (including phenoxy) is 2. The highest BCUT2D eigenvalue weighted by Crippen LogP contribution is 2.43. The van der Waals surface area contributed by atoms with E-state index in [-0.39, 0.29) is 18.5 Å². The van der Waals surface area contributed by atoms with Crippen molar-refractivity contribution in [3.8, 4) is 0 Å². The zero-order valence-electron chi connectivity index (χ0n) is 8.49. The van der Waals surface area contributed by atoms with E-state index in [1.54, 1.807) is 13.8 Å². The van der Waals surface area contributed by atoms with Gasteiger partial charge >= 0.3 is 0 Å². The molecule has 1 atom stereocenters. The molecule has 0 fully saturated rings. The van der Waals surface area contributed by atoms with E-state index in [9.17, 15) is 9.90 Å². The monoisotopic (exact) mass is 218 g/mol. The first kappa shape index (κ1) is 11.6. The number of aliphatic hydroxyl groups excluding tert-OH is 1. The van der Waals surface area contributed by atoms with E-state index in [2.05, 4.69) is 0 Å². The highest BCUT2D eigenvalue weighted by atomic mass is 32.2. The maximum atomic E-state index is 11.4. The molecule has 0 amide bonds. The highest BCUT2D eigenvalue weighted by molar-refractivity contribution is 8.15. The molecule has 0 radical (unpaired) electrons. The van der Waals surface area contributed by atoms with Gasteiger partial charge in [-0.2, -0.15) is 0 Å². The smallest absolute Gasteiger partial charge is 0.219 e. The van der Waals surface area contributed by atoms with Crippen LogP contribution in [0.2, 0.25) is 0 Å². The van der Waals surface area contributed by atoms with E-state index in [1.165, 1.54) is 7.11 Å². The Balaban J connectivity index is 2.88. The zero-order chi connectivity index (χ0) is 10.8. The van der Waals surface area contributed by atoms with Gasteiger partial charge in [0.25, 0.3) is 0 Å². The van der Waals surface area contributed by atoms with Crippen molar-refractivity contribution in [3.05, 3.63) is 11.3 Å². The van der Waals surface area contributed by atoms with Crippen molar-refractivity contribution in [2.75, 3.05) is 20.5 Å². The minimum Gasteiger partial charge on any atom is -0.470 e. The Morgan fingerprint density at radius 3 is 2.71 bits per heavy atom. The number of carbonyl (C=O) groups excluding carboxylic acids is 1. The van der Waals surface area contributed by atoms with Crippen LogP contribution >= 0.6 is 11.8 Å². The van der Waals surface area contributed by atoms with Gasteiger partial charge in [-0.05, 0) is 13.8 Å². The fourth-order valence-corrected chi connectivity index (χ4v) is 2.32. The van der Waals surface area contributed by atoms with Gasteiger partial charge in [-0.3, -0.25) is 4.79 Å². The van der Waals surface area contributed by atoms with Crippen LogP contribution < -0.4 is 0 Å². The Hall–Kier alpha value is -0.520. The largest absolute Gasteiger partial charge is 0.470 e. The molecule has 1 rings (SSSR count). The van der Waals surface area contributed by atoms with Crippen molar-refractivity contribution < 1.29 is 19.4 Å². The molecule has 5 heteroatoms. The van der Waals surface area contributed by atoms with Gasteiger partial charge in [0.05, 0.1) is 6.61 Å². The molecular weight excluding hydrogens is 204 g/mol. The predicted molar refractivity (Wildman–Crippen MR) is 53.7 cm³/mol. The zero-order valence-corrected chi connectivity index (χ0v) is 9.31. The first-order valence-corrected chi connectivity index (χ1v) is 5.04. The van der Waals surface area contributed by atoms with Gasteiger partial charge in [0, 0.05) is 12.7 Å². The molecule has 0 aromatic rings. The summed E-state index contributed by atoms with van der Waals surface area (Å²) in [5.41, 5.74) is 0.559. The quantitative estimate of drug-likeness (QED) is 0.711. The minimum absolute atomic E-state index is 0.0485. The van der Waals surface area contributed by atoms with E-state index in [4.69, 9.17) is 9.47 Å². The third-order valence-corrected chi connectivity index (χ3v) is 3.32. The fraction of sp³-hybridized carbons (Fsp3) is 0.667. The molecule has 80 valence electrons. The Morgan fingerprint density at radius 2 is 2.21 bits per heavy atom. The van der Waals surface area contributed by atoms with Crippen molar-refractivity contribution in [2.45, 2.75) is 18.6 Å². The third kappa shape index (κ3) is 1.94. The molecule has 1 N–H and O–H groups in total. The lowest BCUT2D eigenvalue weighted by atomic mass is 10.1. The summed E-state index contributed by atoms with van der Waals surface area (Å²) in [6, 6.07) is 0. The lowest BCUT2D eigenvalue weighted by Gasteiger charge is -2.23. The number of thioether (sulfide) groups is 1. The average Bonchev–Trinajstić information content (AvgIpc) is 2.37. The van der Waals surface area contributed by atoms with Gasteiger partial charge in [-0.1, -0.05) is 11.8 Å². The van der Waals surface area contributed by atoms with E-state index < -0.39 is 4.75 Å². The third-order valence-electron chi connectivity index (χ3n) is 2.07. The van der Waals surface area contributed by atoms with Gasteiger partial charge in [-0.25, -0.2) is 0 Å². The van der Waals surface area contributed by atoms with E-state index >= 15 is 0 Å². The molecule has 0 aliphatic carbocycles. The highest BCUT2D eigenvalue weighted by Gasteiger charge is 2.42. The van der Waals surface area contributed by atoms with E-state index in [1.807, 2.05) is 0 Å². The van der Waals surface area contributed by atoms with Gasteiger partial charge in [0.2, 0.25) is 5.12 Å². The summed E-state index contributed by atoms with van der Waals surface area (Å²) in [7, 11) is 1.51. The molecule has 1 aliphatic rings. The predicted octanol–water partition coefficient (Wildman–Crippen LogP) is 0.905. The Bertz CT molecular complexity index is 274. The maximum absolute atomic E-state index is 11.4. The second kappa shape index (κ2) is 4.33. The maximum Gasteiger partial charge on any atom is 0.219 e.